The lowest BCUT2D eigenvalue weighted by molar-refractivity contribution is -0.121. The van der Waals surface area contributed by atoms with Gasteiger partial charge in [-0.05, 0) is 44.9 Å². The number of carbonyl (C=O) groups excluding carboxylic acids is 1. The van der Waals surface area contributed by atoms with Crippen LogP contribution < -0.4 is 5.32 Å². The molecule has 0 unspecified atom stereocenters. The molecular weight excluding hydrogens is 436 g/mol. The Morgan fingerprint density at radius 3 is 2.40 bits per heavy atom. The normalized spacial score (nSPS) is 11.2. The summed E-state index contributed by atoms with van der Waals surface area (Å²) >= 11 is 0. The topological polar surface area (TPSA) is 77.1 Å². The van der Waals surface area contributed by atoms with E-state index in [1.54, 1.807) is 0 Å². The van der Waals surface area contributed by atoms with Gasteiger partial charge in [0.05, 0.1) is 17.1 Å². The minimum absolute atomic E-state index is 0.00739. The first kappa shape index (κ1) is 22.5. The van der Waals surface area contributed by atoms with E-state index in [4.69, 9.17) is 5.10 Å². The van der Waals surface area contributed by atoms with Crippen molar-refractivity contribution in [2.45, 2.75) is 40.2 Å². The first-order valence-corrected chi connectivity index (χ1v) is 11.8. The number of rotatable bonds is 7. The number of benzene rings is 2. The summed E-state index contributed by atoms with van der Waals surface area (Å²) in [5, 5.41) is 12.4. The van der Waals surface area contributed by atoms with E-state index < -0.39 is 0 Å². The number of carbonyl (C=O) groups is 1. The molecule has 0 atom stereocenters. The van der Waals surface area contributed by atoms with Gasteiger partial charge in [-0.15, -0.1) is 0 Å². The first-order chi connectivity index (χ1) is 17.0. The molecule has 0 radical (unpaired) electrons. The zero-order valence-electron chi connectivity index (χ0n) is 20.2. The van der Waals surface area contributed by atoms with Crippen molar-refractivity contribution in [1.29, 1.82) is 0 Å². The highest BCUT2D eigenvalue weighted by Gasteiger charge is 2.15. The number of para-hydroxylation sites is 1. The average Bonchev–Trinajstić information content (AvgIpc) is 3.47. The van der Waals surface area contributed by atoms with Crippen LogP contribution in [0, 0.1) is 20.8 Å². The quantitative estimate of drug-likeness (QED) is 0.377. The molecule has 5 rings (SSSR count). The van der Waals surface area contributed by atoms with Gasteiger partial charge in [0.15, 0.2) is 5.65 Å². The van der Waals surface area contributed by atoms with Gasteiger partial charge in [0, 0.05) is 47.7 Å². The Hall–Kier alpha value is -4.26. The van der Waals surface area contributed by atoms with E-state index in [-0.39, 0.29) is 5.91 Å². The van der Waals surface area contributed by atoms with E-state index >= 15 is 0 Å². The highest BCUT2D eigenvalue weighted by molar-refractivity contribution is 5.76. The standard InChI is InChI=1S/C28H28N6O/c1-19-16-26-30-20(2)25(21(3)34(26)31-19)14-15-27(35)29-17-23-18-33(24-12-8-5-9-13-24)32-28(23)22-10-6-4-7-11-22/h4-13,16,18H,14-15,17H2,1-3H3,(H,29,35). The largest absolute Gasteiger partial charge is 0.352 e. The fourth-order valence-electron chi connectivity index (χ4n) is 4.41. The van der Waals surface area contributed by atoms with Crippen LogP contribution in [-0.2, 0) is 17.8 Å². The Morgan fingerprint density at radius 2 is 1.66 bits per heavy atom. The highest BCUT2D eigenvalue weighted by atomic mass is 16.1. The molecule has 176 valence electrons. The molecule has 0 fully saturated rings. The van der Waals surface area contributed by atoms with Gasteiger partial charge in [-0.1, -0.05) is 48.5 Å². The SMILES string of the molecule is Cc1cc2nc(C)c(CCC(=O)NCc3cn(-c4ccccc4)nc3-c3ccccc3)c(C)n2n1. The van der Waals surface area contributed by atoms with Crippen LogP contribution in [0.2, 0.25) is 0 Å². The fourth-order valence-corrected chi connectivity index (χ4v) is 4.41. The fraction of sp³-hybridized carbons (Fsp3) is 0.214. The maximum Gasteiger partial charge on any atom is 0.220 e. The van der Waals surface area contributed by atoms with Gasteiger partial charge in [0.25, 0.3) is 0 Å². The van der Waals surface area contributed by atoms with E-state index in [0.29, 0.717) is 19.4 Å². The van der Waals surface area contributed by atoms with Crippen LogP contribution in [-0.4, -0.2) is 30.3 Å². The van der Waals surface area contributed by atoms with Gasteiger partial charge in [0.1, 0.15) is 0 Å². The lowest BCUT2D eigenvalue weighted by Gasteiger charge is -2.11. The second-order valence-corrected chi connectivity index (χ2v) is 8.74. The first-order valence-electron chi connectivity index (χ1n) is 11.8. The third kappa shape index (κ3) is 4.71. The van der Waals surface area contributed by atoms with E-state index in [1.807, 2.05) is 103 Å². The van der Waals surface area contributed by atoms with Crippen molar-refractivity contribution in [2.75, 3.05) is 0 Å². The lowest BCUT2D eigenvalue weighted by atomic mass is 10.1. The van der Waals surface area contributed by atoms with Crippen LogP contribution in [0.25, 0.3) is 22.6 Å². The van der Waals surface area contributed by atoms with Crippen LogP contribution in [0.3, 0.4) is 0 Å². The van der Waals surface area contributed by atoms with Crippen molar-refractivity contribution in [1.82, 2.24) is 29.7 Å². The number of amides is 1. The van der Waals surface area contributed by atoms with Crippen LogP contribution in [0.4, 0.5) is 0 Å². The van der Waals surface area contributed by atoms with Gasteiger partial charge in [-0.2, -0.15) is 10.2 Å². The molecule has 2 aromatic carbocycles. The molecule has 3 heterocycles. The maximum absolute atomic E-state index is 12.8. The average molecular weight is 465 g/mol. The van der Waals surface area contributed by atoms with E-state index in [2.05, 4.69) is 15.4 Å². The molecule has 0 aliphatic carbocycles. The minimum atomic E-state index is -0.00739. The molecule has 0 spiro atoms. The van der Waals surface area contributed by atoms with Crippen molar-refractivity contribution in [3.63, 3.8) is 0 Å². The number of aryl methyl sites for hydroxylation is 3. The molecule has 0 aliphatic rings. The van der Waals surface area contributed by atoms with Crippen LogP contribution in [0.5, 0.6) is 0 Å². The summed E-state index contributed by atoms with van der Waals surface area (Å²) in [5.41, 5.74) is 8.65. The number of aromatic nitrogens is 5. The molecule has 7 heteroatoms. The Bertz CT molecular complexity index is 1480. The molecule has 0 bridgehead atoms. The van der Waals surface area contributed by atoms with Crippen LogP contribution >= 0.6 is 0 Å². The number of hydrogen-bond donors (Lipinski definition) is 1. The zero-order valence-corrected chi connectivity index (χ0v) is 20.2. The molecule has 3 aromatic heterocycles. The van der Waals surface area contributed by atoms with E-state index in [1.165, 1.54) is 0 Å². The third-order valence-electron chi connectivity index (χ3n) is 6.22. The van der Waals surface area contributed by atoms with Crippen LogP contribution in [0.1, 0.15) is 34.6 Å². The summed E-state index contributed by atoms with van der Waals surface area (Å²) in [4.78, 5) is 17.5. The van der Waals surface area contributed by atoms with Gasteiger partial charge < -0.3 is 5.32 Å². The predicted molar refractivity (Wildman–Crippen MR) is 136 cm³/mol. The van der Waals surface area contributed by atoms with Crippen molar-refractivity contribution < 1.29 is 4.79 Å². The molecule has 5 aromatic rings. The molecular formula is C28H28N6O. The number of nitrogens with zero attached hydrogens (tertiary/aromatic N) is 5. The van der Waals surface area contributed by atoms with Crippen molar-refractivity contribution in [3.8, 4) is 16.9 Å². The molecule has 0 saturated carbocycles. The number of nitrogens with one attached hydrogen (secondary N) is 1. The van der Waals surface area contributed by atoms with E-state index in [0.717, 1.165) is 50.8 Å². The molecule has 0 aliphatic heterocycles. The smallest absolute Gasteiger partial charge is 0.220 e. The predicted octanol–water partition coefficient (Wildman–Crippen LogP) is 4.76. The Labute approximate surface area is 204 Å². The summed E-state index contributed by atoms with van der Waals surface area (Å²) in [6.45, 7) is 6.39. The van der Waals surface area contributed by atoms with Crippen molar-refractivity contribution >= 4 is 11.6 Å². The summed E-state index contributed by atoms with van der Waals surface area (Å²) in [7, 11) is 0. The summed E-state index contributed by atoms with van der Waals surface area (Å²) in [6, 6.07) is 22.0. The lowest BCUT2D eigenvalue weighted by Crippen LogP contribution is -2.23. The Balaban J connectivity index is 1.32. The van der Waals surface area contributed by atoms with Crippen molar-refractivity contribution in [3.05, 3.63) is 101 Å². The third-order valence-corrected chi connectivity index (χ3v) is 6.22. The molecule has 0 saturated heterocycles. The van der Waals surface area contributed by atoms with Crippen LogP contribution in [0.15, 0.2) is 72.9 Å². The Kier molecular flexibility index (Phi) is 6.14. The van der Waals surface area contributed by atoms with Gasteiger partial charge in [-0.25, -0.2) is 14.2 Å². The molecule has 1 amide bonds. The highest BCUT2D eigenvalue weighted by Crippen LogP contribution is 2.24. The van der Waals surface area contributed by atoms with Gasteiger partial charge in [0.2, 0.25) is 5.91 Å². The number of fused-ring (bicyclic) bond motifs is 1. The van der Waals surface area contributed by atoms with Gasteiger partial charge >= 0.3 is 0 Å². The summed E-state index contributed by atoms with van der Waals surface area (Å²) < 4.78 is 3.73. The number of hydrogen-bond acceptors (Lipinski definition) is 4. The second kappa shape index (κ2) is 9.54. The summed E-state index contributed by atoms with van der Waals surface area (Å²) in [6.07, 6.45) is 2.98. The van der Waals surface area contributed by atoms with Gasteiger partial charge in [-0.3, -0.25) is 4.79 Å². The monoisotopic (exact) mass is 464 g/mol. The second-order valence-electron chi connectivity index (χ2n) is 8.74. The van der Waals surface area contributed by atoms with Crippen molar-refractivity contribution in [2.24, 2.45) is 0 Å². The van der Waals surface area contributed by atoms with E-state index in [9.17, 15) is 4.79 Å². The summed E-state index contributed by atoms with van der Waals surface area (Å²) in [5.74, 6) is -0.00739. The zero-order chi connectivity index (χ0) is 24.4. The molecule has 1 N–H and O–H groups in total. The Morgan fingerprint density at radius 1 is 0.943 bits per heavy atom. The molecule has 7 nitrogen and oxygen atoms in total. The minimum Gasteiger partial charge on any atom is -0.352 e. The maximum atomic E-state index is 12.8. The molecule has 35 heavy (non-hydrogen) atoms.